The largest absolute Gasteiger partial charge is 0.393 e. The standard InChI is InChI=1S/C15H19N3O4/c16-11-6-5-10(9-13(11)18(20)21)15(19)17-7-8-22-14-4-2-1-3-12(14)17/h5-6,9,12,14H,1-4,7-8,16H2. The molecule has 1 saturated heterocycles. The van der Waals surface area contributed by atoms with E-state index in [2.05, 4.69) is 0 Å². The summed E-state index contributed by atoms with van der Waals surface area (Å²) in [5.41, 5.74) is 5.75. The lowest BCUT2D eigenvalue weighted by Crippen LogP contribution is -2.54. The Labute approximate surface area is 128 Å². The number of nitro benzene ring substituents is 1. The topological polar surface area (TPSA) is 98.7 Å². The number of nitrogens with zero attached hydrogens (tertiary/aromatic N) is 2. The van der Waals surface area contributed by atoms with E-state index in [9.17, 15) is 14.9 Å². The zero-order valence-electron chi connectivity index (χ0n) is 12.2. The predicted octanol–water partition coefficient (Wildman–Crippen LogP) is 1.96. The van der Waals surface area contributed by atoms with Gasteiger partial charge in [-0.25, -0.2) is 0 Å². The second-order valence-corrected chi connectivity index (χ2v) is 5.79. The highest BCUT2D eigenvalue weighted by molar-refractivity contribution is 5.96. The third-order valence-electron chi connectivity index (χ3n) is 4.47. The van der Waals surface area contributed by atoms with E-state index in [4.69, 9.17) is 10.5 Å². The molecule has 2 aliphatic rings. The maximum atomic E-state index is 12.7. The van der Waals surface area contributed by atoms with Gasteiger partial charge in [0.2, 0.25) is 0 Å². The number of ether oxygens (including phenoxy) is 1. The summed E-state index contributed by atoms with van der Waals surface area (Å²) in [6.07, 6.45) is 4.19. The van der Waals surface area contributed by atoms with Crippen LogP contribution in [0.5, 0.6) is 0 Å². The molecule has 3 rings (SSSR count). The monoisotopic (exact) mass is 305 g/mol. The van der Waals surface area contributed by atoms with Crippen molar-refractivity contribution in [1.29, 1.82) is 0 Å². The molecular formula is C15H19N3O4. The van der Waals surface area contributed by atoms with Gasteiger partial charge in [-0.1, -0.05) is 12.8 Å². The summed E-state index contributed by atoms with van der Waals surface area (Å²) >= 11 is 0. The minimum atomic E-state index is -0.561. The average Bonchev–Trinajstić information content (AvgIpc) is 2.54. The number of nitro groups is 1. The SMILES string of the molecule is Nc1ccc(C(=O)N2CCOC3CCCCC32)cc1[N+](=O)[O-]. The van der Waals surface area contributed by atoms with Gasteiger partial charge in [0.05, 0.1) is 23.7 Å². The van der Waals surface area contributed by atoms with Crippen molar-refractivity contribution < 1.29 is 14.5 Å². The number of hydrogen-bond donors (Lipinski definition) is 1. The number of carbonyl (C=O) groups excluding carboxylic acids is 1. The second kappa shape index (κ2) is 5.92. The van der Waals surface area contributed by atoms with Crippen LogP contribution in [0.4, 0.5) is 11.4 Å². The van der Waals surface area contributed by atoms with Gasteiger partial charge >= 0.3 is 0 Å². The average molecular weight is 305 g/mol. The van der Waals surface area contributed by atoms with Crippen LogP contribution in [0.3, 0.4) is 0 Å². The zero-order chi connectivity index (χ0) is 15.7. The van der Waals surface area contributed by atoms with Crippen LogP contribution in [0.25, 0.3) is 0 Å². The van der Waals surface area contributed by atoms with E-state index < -0.39 is 4.92 Å². The summed E-state index contributed by atoms with van der Waals surface area (Å²) in [4.78, 5) is 25.0. The highest BCUT2D eigenvalue weighted by Crippen LogP contribution is 2.30. The molecule has 0 spiro atoms. The third kappa shape index (κ3) is 2.64. The molecule has 7 nitrogen and oxygen atoms in total. The number of fused-ring (bicyclic) bond motifs is 1. The molecule has 2 unspecified atom stereocenters. The number of amides is 1. The smallest absolute Gasteiger partial charge is 0.292 e. The van der Waals surface area contributed by atoms with Crippen molar-refractivity contribution in [2.24, 2.45) is 0 Å². The molecule has 1 aromatic rings. The number of benzene rings is 1. The van der Waals surface area contributed by atoms with Crippen molar-refractivity contribution in [2.45, 2.75) is 37.8 Å². The summed E-state index contributed by atoms with van der Waals surface area (Å²) < 4.78 is 5.76. The Balaban J connectivity index is 1.86. The summed E-state index contributed by atoms with van der Waals surface area (Å²) in [6, 6.07) is 4.32. The van der Waals surface area contributed by atoms with Crippen LogP contribution in [0.2, 0.25) is 0 Å². The number of rotatable bonds is 2. The fraction of sp³-hybridized carbons (Fsp3) is 0.533. The van der Waals surface area contributed by atoms with Gasteiger partial charge in [0, 0.05) is 18.2 Å². The van der Waals surface area contributed by atoms with Crippen LogP contribution < -0.4 is 5.73 Å². The van der Waals surface area contributed by atoms with Crippen molar-refractivity contribution in [2.75, 3.05) is 18.9 Å². The molecule has 1 aliphatic carbocycles. The molecule has 1 saturated carbocycles. The van der Waals surface area contributed by atoms with Crippen molar-refractivity contribution in [3.63, 3.8) is 0 Å². The number of carbonyl (C=O) groups is 1. The van der Waals surface area contributed by atoms with Gasteiger partial charge in [-0.05, 0) is 25.0 Å². The highest BCUT2D eigenvalue weighted by atomic mass is 16.6. The first-order valence-corrected chi connectivity index (χ1v) is 7.54. The minimum Gasteiger partial charge on any atom is -0.393 e. The van der Waals surface area contributed by atoms with Gasteiger partial charge in [-0.15, -0.1) is 0 Å². The molecule has 0 bridgehead atoms. The second-order valence-electron chi connectivity index (χ2n) is 5.79. The van der Waals surface area contributed by atoms with Crippen LogP contribution >= 0.6 is 0 Å². The Morgan fingerprint density at radius 1 is 1.36 bits per heavy atom. The van der Waals surface area contributed by atoms with Gasteiger partial charge in [0.25, 0.3) is 11.6 Å². The van der Waals surface area contributed by atoms with Gasteiger partial charge in [0.15, 0.2) is 0 Å². The summed E-state index contributed by atoms with van der Waals surface area (Å²) in [7, 11) is 0. The quantitative estimate of drug-likeness (QED) is 0.511. The molecule has 1 aromatic carbocycles. The van der Waals surface area contributed by atoms with Crippen molar-refractivity contribution in [3.8, 4) is 0 Å². The van der Waals surface area contributed by atoms with E-state index >= 15 is 0 Å². The molecule has 118 valence electrons. The first kappa shape index (κ1) is 14.8. The third-order valence-corrected chi connectivity index (χ3v) is 4.47. The van der Waals surface area contributed by atoms with Crippen LogP contribution in [0, 0.1) is 10.1 Å². The van der Waals surface area contributed by atoms with Gasteiger partial charge in [-0.3, -0.25) is 14.9 Å². The van der Waals surface area contributed by atoms with Crippen LogP contribution in [0.15, 0.2) is 18.2 Å². The molecule has 7 heteroatoms. The van der Waals surface area contributed by atoms with E-state index in [1.54, 1.807) is 6.07 Å². The lowest BCUT2D eigenvalue weighted by molar-refractivity contribution is -0.383. The number of nitrogens with two attached hydrogens (primary N) is 1. The van der Waals surface area contributed by atoms with E-state index in [-0.39, 0.29) is 29.4 Å². The molecule has 0 aromatic heterocycles. The Kier molecular flexibility index (Phi) is 3.98. The molecule has 1 heterocycles. The van der Waals surface area contributed by atoms with Crippen LogP contribution in [0.1, 0.15) is 36.0 Å². The van der Waals surface area contributed by atoms with E-state index in [0.717, 1.165) is 25.7 Å². The predicted molar refractivity (Wildman–Crippen MR) is 80.5 cm³/mol. The van der Waals surface area contributed by atoms with Crippen LogP contribution in [-0.4, -0.2) is 41.0 Å². The number of nitrogen functional groups attached to an aromatic ring is 1. The fourth-order valence-corrected chi connectivity index (χ4v) is 3.35. The molecule has 1 aliphatic heterocycles. The normalized spacial score (nSPS) is 24.6. The first-order valence-electron chi connectivity index (χ1n) is 7.54. The fourth-order valence-electron chi connectivity index (χ4n) is 3.35. The van der Waals surface area contributed by atoms with Gasteiger partial charge < -0.3 is 15.4 Å². The summed E-state index contributed by atoms with van der Waals surface area (Å²) in [5, 5.41) is 11.0. The lowest BCUT2D eigenvalue weighted by atomic mass is 9.89. The lowest BCUT2D eigenvalue weighted by Gasteiger charge is -2.43. The maximum absolute atomic E-state index is 12.7. The number of morpholine rings is 1. The van der Waals surface area contributed by atoms with E-state index in [0.29, 0.717) is 18.7 Å². The zero-order valence-corrected chi connectivity index (χ0v) is 12.2. The highest BCUT2D eigenvalue weighted by Gasteiger charge is 2.37. The summed E-state index contributed by atoms with van der Waals surface area (Å²) in [6.45, 7) is 1.04. The van der Waals surface area contributed by atoms with Gasteiger partial charge in [-0.2, -0.15) is 0 Å². The molecule has 22 heavy (non-hydrogen) atoms. The molecule has 2 N–H and O–H groups in total. The Hall–Kier alpha value is -2.15. The summed E-state index contributed by atoms with van der Waals surface area (Å²) in [5.74, 6) is -0.177. The van der Waals surface area contributed by atoms with Crippen molar-refractivity contribution >= 4 is 17.3 Å². The van der Waals surface area contributed by atoms with E-state index in [1.165, 1.54) is 12.1 Å². The van der Waals surface area contributed by atoms with Crippen molar-refractivity contribution in [1.82, 2.24) is 4.90 Å². The first-order chi connectivity index (χ1) is 10.6. The maximum Gasteiger partial charge on any atom is 0.292 e. The van der Waals surface area contributed by atoms with Crippen molar-refractivity contribution in [3.05, 3.63) is 33.9 Å². The molecule has 2 atom stereocenters. The Morgan fingerprint density at radius 2 is 2.14 bits per heavy atom. The molecule has 1 amide bonds. The number of anilines is 1. The van der Waals surface area contributed by atoms with E-state index in [1.807, 2.05) is 4.90 Å². The van der Waals surface area contributed by atoms with Crippen LogP contribution in [-0.2, 0) is 4.74 Å². The molecule has 2 fully saturated rings. The molecule has 0 radical (unpaired) electrons. The van der Waals surface area contributed by atoms with Gasteiger partial charge in [0.1, 0.15) is 5.69 Å². The Morgan fingerprint density at radius 3 is 2.91 bits per heavy atom. The minimum absolute atomic E-state index is 0.0686. The molecular weight excluding hydrogens is 286 g/mol. The Bertz CT molecular complexity index is 602. The number of hydrogen-bond acceptors (Lipinski definition) is 5.